The highest BCUT2D eigenvalue weighted by Gasteiger charge is 2.12. The molecule has 8 heteroatoms. The SMILES string of the molecule is CCCNC(=O)c1cccc(NC(=S)NC(=O)c2ccc(OCCc3ccccc3)c(Br)c2)c1. The van der Waals surface area contributed by atoms with Gasteiger partial charge in [-0.05, 0) is 76.5 Å². The molecule has 3 aromatic carbocycles. The lowest BCUT2D eigenvalue weighted by Gasteiger charge is -2.12. The molecule has 3 aromatic rings. The Morgan fingerprint density at radius 1 is 0.941 bits per heavy atom. The predicted molar refractivity (Wildman–Crippen MR) is 143 cm³/mol. The number of hydrogen-bond acceptors (Lipinski definition) is 4. The summed E-state index contributed by atoms with van der Waals surface area (Å²) in [4.78, 5) is 24.8. The number of thiocarbonyl (C=S) groups is 1. The first-order valence-corrected chi connectivity index (χ1v) is 12.1. The minimum Gasteiger partial charge on any atom is -0.492 e. The summed E-state index contributed by atoms with van der Waals surface area (Å²) in [5.41, 5.74) is 2.75. The van der Waals surface area contributed by atoms with Crippen LogP contribution in [0.4, 0.5) is 5.69 Å². The van der Waals surface area contributed by atoms with Gasteiger partial charge in [0.25, 0.3) is 11.8 Å². The molecule has 2 amide bonds. The summed E-state index contributed by atoms with van der Waals surface area (Å²) < 4.78 is 6.52. The molecule has 0 fully saturated rings. The molecule has 0 unspecified atom stereocenters. The van der Waals surface area contributed by atoms with Gasteiger partial charge in [0.1, 0.15) is 5.75 Å². The molecule has 0 aliphatic heterocycles. The van der Waals surface area contributed by atoms with Crippen molar-refractivity contribution in [3.63, 3.8) is 0 Å². The molecule has 0 saturated carbocycles. The summed E-state index contributed by atoms with van der Waals surface area (Å²) in [7, 11) is 0. The van der Waals surface area contributed by atoms with E-state index in [-0.39, 0.29) is 16.9 Å². The van der Waals surface area contributed by atoms with E-state index in [2.05, 4.69) is 44.0 Å². The van der Waals surface area contributed by atoms with Crippen LogP contribution in [0.3, 0.4) is 0 Å². The molecule has 3 rings (SSSR count). The fraction of sp³-hybridized carbons (Fsp3) is 0.192. The Bertz CT molecular complexity index is 1160. The maximum absolute atomic E-state index is 12.6. The number of halogens is 1. The molecule has 0 spiro atoms. The van der Waals surface area contributed by atoms with E-state index in [0.29, 0.717) is 40.2 Å². The van der Waals surface area contributed by atoms with Gasteiger partial charge >= 0.3 is 0 Å². The summed E-state index contributed by atoms with van der Waals surface area (Å²) in [5.74, 6) is 0.147. The zero-order valence-corrected chi connectivity index (χ0v) is 21.2. The lowest BCUT2D eigenvalue weighted by Crippen LogP contribution is -2.34. The fourth-order valence-corrected chi connectivity index (χ4v) is 3.80. The van der Waals surface area contributed by atoms with Gasteiger partial charge < -0.3 is 15.4 Å². The second-order valence-electron chi connectivity index (χ2n) is 7.47. The van der Waals surface area contributed by atoms with Crippen molar-refractivity contribution in [2.45, 2.75) is 19.8 Å². The van der Waals surface area contributed by atoms with E-state index in [1.807, 2.05) is 25.1 Å². The van der Waals surface area contributed by atoms with Crippen LogP contribution in [0.1, 0.15) is 39.6 Å². The lowest BCUT2D eigenvalue weighted by atomic mass is 10.2. The molecule has 0 aliphatic carbocycles. The molecular weight excluding hydrogens is 514 g/mol. The third-order valence-corrected chi connectivity index (χ3v) is 5.65. The smallest absolute Gasteiger partial charge is 0.257 e. The summed E-state index contributed by atoms with van der Waals surface area (Å²) in [6.07, 6.45) is 1.65. The Balaban J connectivity index is 1.53. The molecule has 0 radical (unpaired) electrons. The van der Waals surface area contributed by atoms with Gasteiger partial charge in [-0.3, -0.25) is 14.9 Å². The van der Waals surface area contributed by atoms with Crippen LogP contribution < -0.4 is 20.7 Å². The Labute approximate surface area is 213 Å². The van der Waals surface area contributed by atoms with Crippen LogP contribution in [0.2, 0.25) is 0 Å². The average molecular weight is 540 g/mol. The van der Waals surface area contributed by atoms with Crippen LogP contribution in [0, 0.1) is 0 Å². The number of hydrogen-bond donors (Lipinski definition) is 3. The minimum atomic E-state index is -0.356. The summed E-state index contributed by atoms with van der Waals surface area (Å²) >= 11 is 8.74. The number of ether oxygens (including phenoxy) is 1. The first-order valence-electron chi connectivity index (χ1n) is 10.9. The van der Waals surface area contributed by atoms with E-state index >= 15 is 0 Å². The number of carbonyl (C=O) groups is 2. The predicted octanol–water partition coefficient (Wildman–Crippen LogP) is 5.34. The number of benzene rings is 3. The third-order valence-electron chi connectivity index (χ3n) is 4.83. The largest absolute Gasteiger partial charge is 0.492 e. The number of nitrogens with one attached hydrogen (secondary N) is 3. The van der Waals surface area contributed by atoms with Gasteiger partial charge in [-0.15, -0.1) is 0 Å². The van der Waals surface area contributed by atoms with Crippen molar-refractivity contribution < 1.29 is 14.3 Å². The summed E-state index contributed by atoms with van der Waals surface area (Å²) in [6, 6.07) is 22.1. The second kappa shape index (κ2) is 12.9. The molecule has 0 heterocycles. The summed E-state index contributed by atoms with van der Waals surface area (Å²) in [6.45, 7) is 3.12. The van der Waals surface area contributed by atoms with Crippen molar-refractivity contribution in [3.05, 3.63) is 94.0 Å². The van der Waals surface area contributed by atoms with Crippen molar-refractivity contribution in [2.75, 3.05) is 18.5 Å². The second-order valence-corrected chi connectivity index (χ2v) is 8.74. The number of rotatable bonds is 9. The van der Waals surface area contributed by atoms with Crippen LogP contribution >= 0.6 is 28.1 Å². The normalized spacial score (nSPS) is 10.3. The number of carbonyl (C=O) groups excluding carboxylic acids is 2. The van der Waals surface area contributed by atoms with Gasteiger partial charge in [-0.25, -0.2) is 0 Å². The molecule has 0 saturated heterocycles. The highest BCUT2D eigenvalue weighted by molar-refractivity contribution is 9.10. The molecule has 176 valence electrons. The standard InChI is InChI=1S/C26H26BrN3O3S/c1-2-14-28-24(31)19-9-6-10-21(16-19)29-26(34)30-25(32)20-11-12-23(22(27)17-20)33-15-13-18-7-4-3-5-8-18/h3-12,16-17H,2,13-15H2,1H3,(H,28,31)(H2,29,30,32,34). The topological polar surface area (TPSA) is 79.5 Å². The van der Waals surface area contributed by atoms with Crippen LogP contribution in [0.5, 0.6) is 5.75 Å². The minimum absolute atomic E-state index is 0.135. The zero-order chi connectivity index (χ0) is 24.3. The van der Waals surface area contributed by atoms with Crippen LogP contribution in [-0.2, 0) is 6.42 Å². The van der Waals surface area contributed by atoms with Crippen molar-refractivity contribution in [1.82, 2.24) is 10.6 Å². The van der Waals surface area contributed by atoms with E-state index in [0.717, 1.165) is 12.8 Å². The van der Waals surface area contributed by atoms with E-state index in [4.69, 9.17) is 17.0 Å². The Morgan fingerprint density at radius 2 is 1.71 bits per heavy atom. The molecule has 0 aromatic heterocycles. The van der Waals surface area contributed by atoms with Gasteiger partial charge in [0.2, 0.25) is 0 Å². The highest BCUT2D eigenvalue weighted by atomic mass is 79.9. The van der Waals surface area contributed by atoms with Gasteiger partial charge in [-0.2, -0.15) is 0 Å². The summed E-state index contributed by atoms with van der Waals surface area (Å²) in [5, 5.41) is 8.57. The third kappa shape index (κ3) is 7.67. The van der Waals surface area contributed by atoms with Crippen molar-refractivity contribution in [3.8, 4) is 5.75 Å². The zero-order valence-electron chi connectivity index (χ0n) is 18.8. The van der Waals surface area contributed by atoms with Crippen molar-refractivity contribution in [1.29, 1.82) is 0 Å². The monoisotopic (exact) mass is 539 g/mol. The maximum atomic E-state index is 12.6. The lowest BCUT2D eigenvalue weighted by molar-refractivity contribution is 0.0951. The Morgan fingerprint density at radius 3 is 2.44 bits per heavy atom. The molecule has 0 atom stereocenters. The molecule has 0 bridgehead atoms. The Kier molecular flexibility index (Phi) is 9.61. The average Bonchev–Trinajstić information content (AvgIpc) is 2.84. The molecule has 0 aliphatic rings. The van der Waals surface area contributed by atoms with Crippen LogP contribution in [0.15, 0.2) is 77.3 Å². The molecule has 3 N–H and O–H groups in total. The van der Waals surface area contributed by atoms with Gasteiger partial charge in [0.05, 0.1) is 11.1 Å². The van der Waals surface area contributed by atoms with E-state index in [1.165, 1.54) is 5.56 Å². The van der Waals surface area contributed by atoms with Gasteiger partial charge in [0.15, 0.2) is 5.11 Å². The first-order chi connectivity index (χ1) is 16.5. The van der Waals surface area contributed by atoms with E-state index < -0.39 is 0 Å². The van der Waals surface area contributed by atoms with Crippen LogP contribution in [-0.4, -0.2) is 30.1 Å². The molecular formula is C26H26BrN3O3S. The number of anilines is 1. The van der Waals surface area contributed by atoms with Crippen LogP contribution in [0.25, 0.3) is 0 Å². The van der Waals surface area contributed by atoms with Gasteiger partial charge in [0, 0.05) is 29.8 Å². The fourth-order valence-electron chi connectivity index (χ4n) is 3.10. The van der Waals surface area contributed by atoms with E-state index in [9.17, 15) is 9.59 Å². The maximum Gasteiger partial charge on any atom is 0.257 e. The van der Waals surface area contributed by atoms with Crippen molar-refractivity contribution >= 4 is 50.8 Å². The van der Waals surface area contributed by atoms with Gasteiger partial charge in [-0.1, -0.05) is 43.3 Å². The van der Waals surface area contributed by atoms with Crippen molar-refractivity contribution in [2.24, 2.45) is 0 Å². The first kappa shape index (κ1) is 25.4. The number of amides is 2. The Hall–Kier alpha value is -3.23. The van der Waals surface area contributed by atoms with E-state index in [1.54, 1.807) is 42.5 Å². The molecule has 34 heavy (non-hydrogen) atoms. The molecule has 6 nitrogen and oxygen atoms in total. The quantitative estimate of drug-likeness (QED) is 0.320. The highest BCUT2D eigenvalue weighted by Crippen LogP contribution is 2.26.